The molecule has 0 radical (unpaired) electrons. The Hall–Kier alpha value is -3.09. The fraction of sp³-hybridized carbons (Fsp3) is 0.316. The molecule has 26 heavy (non-hydrogen) atoms. The number of amides is 3. The molecule has 0 unspecified atom stereocenters. The summed E-state index contributed by atoms with van der Waals surface area (Å²) in [6.07, 6.45) is 2.11. The summed E-state index contributed by atoms with van der Waals surface area (Å²) in [6, 6.07) is 10.9. The van der Waals surface area contributed by atoms with Crippen molar-refractivity contribution >= 4 is 17.7 Å². The Morgan fingerprint density at radius 2 is 1.69 bits per heavy atom. The van der Waals surface area contributed by atoms with Gasteiger partial charge in [0.05, 0.1) is 25.4 Å². The zero-order valence-corrected chi connectivity index (χ0v) is 14.9. The zero-order valence-electron chi connectivity index (χ0n) is 14.9. The van der Waals surface area contributed by atoms with Gasteiger partial charge in [-0.25, -0.2) is 0 Å². The third-order valence-corrected chi connectivity index (χ3v) is 3.82. The second kappa shape index (κ2) is 9.41. The third-order valence-electron chi connectivity index (χ3n) is 3.82. The molecule has 0 aliphatic rings. The highest BCUT2D eigenvalue weighted by Crippen LogP contribution is 2.16. The van der Waals surface area contributed by atoms with Gasteiger partial charge in [-0.1, -0.05) is 36.8 Å². The van der Waals surface area contributed by atoms with Crippen LogP contribution in [0.5, 0.6) is 0 Å². The summed E-state index contributed by atoms with van der Waals surface area (Å²) >= 11 is 0. The summed E-state index contributed by atoms with van der Waals surface area (Å²) in [5.74, 6) is -1.11. The molecule has 0 bridgehead atoms. The molecule has 0 saturated heterocycles. The minimum Gasteiger partial charge on any atom is -0.459 e. The number of benzene rings is 1. The van der Waals surface area contributed by atoms with Gasteiger partial charge in [0.25, 0.3) is 5.91 Å². The molecule has 0 aliphatic heterocycles. The fourth-order valence-corrected chi connectivity index (χ4v) is 2.36. The van der Waals surface area contributed by atoms with Crippen molar-refractivity contribution in [1.29, 1.82) is 0 Å². The first-order chi connectivity index (χ1) is 12.5. The number of hydrogen-bond acceptors (Lipinski definition) is 4. The summed E-state index contributed by atoms with van der Waals surface area (Å²) in [6.45, 7) is 3.59. The molecule has 2 aromatic rings. The van der Waals surface area contributed by atoms with Crippen LogP contribution in [0.1, 0.15) is 41.1 Å². The lowest BCUT2D eigenvalue weighted by atomic mass is 10.0. The van der Waals surface area contributed by atoms with Gasteiger partial charge in [-0.05, 0) is 31.0 Å². The largest absolute Gasteiger partial charge is 0.459 e. The van der Waals surface area contributed by atoms with Crippen LogP contribution in [0.25, 0.3) is 0 Å². The molecule has 3 N–H and O–H groups in total. The van der Waals surface area contributed by atoms with Crippen molar-refractivity contribution < 1.29 is 18.8 Å². The Labute approximate surface area is 152 Å². The molecule has 0 spiro atoms. The van der Waals surface area contributed by atoms with Gasteiger partial charge >= 0.3 is 0 Å². The van der Waals surface area contributed by atoms with Gasteiger partial charge in [-0.2, -0.15) is 0 Å². The van der Waals surface area contributed by atoms with E-state index in [0.29, 0.717) is 0 Å². The number of aryl methyl sites for hydroxylation is 1. The number of nitrogens with one attached hydrogen (secondary N) is 3. The van der Waals surface area contributed by atoms with E-state index >= 15 is 0 Å². The SMILES string of the molecule is CC[C@@H](NC(=O)CNC(=O)CNC(=O)c1ccco1)c1ccc(C)cc1. The van der Waals surface area contributed by atoms with Crippen LogP contribution in [-0.2, 0) is 9.59 Å². The minimum atomic E-state index is -0.486. The lowest BCUT2D eigenvalue weighted by molar-refractivity contribution is -0.126. The van der Waals surface area contributed by atoms with Gasteiger partial charge in [-0.3, -0.25) is 14.4 Å². The summed E-state index contributed by atoms with van der Waals surface area (Å²) in [5, 5.41) is 7.78. The Balaban J connectivity index is 1.73. The van der Waals surface area contributed by atoms with Crippen LogP contribution in [0.3, 0.4) is 0 Å². The van der Waals surface area contributed by atoms with Crippen molar-refractivity contribution in [3.63, 3.8) is 0 Å². The van der Waals surface area contributed by atoms with Gasteiger partial charge in [0.15, 0.2) is 5.76 Å². The van der Waals surface area contributed by atoms with Crippen molar-refractivity contribution in [3.8, 4) is 0 Å². The molecule has 2 rings (SSSR count). The van der Waals surface area contributed by atoms with Crippen LogP contribution >= 0.6 is 0 Å². The van der Waals surface area contributed by atoms with E-state index in [2.05, 4.69) is 16.0 Å². The number of rotatable bonds is 8. The molecule has 1 atom stereocenters. The van der Waals surface area contributed by atoms with E-state index in [1.807, 2.05) is 38.1 Å². The predicted octanol–water partition coefficient (Wildman–Crippen LogP) is 1.70. The van der Waals surface area contributed by atoms with Gasteiger partial charge in [0.1, 0.15) is 0 Å². The van der Waals surface area contributed by atoms with E-state index in [4.69, 9.17) is 4.42 Å². The Kier molecular flexibility index (Phi) is 6.96. The molecular weight excluding hydrogens is 334 g/mol. The van der Waals surface area contributed by atoms with Crippen molar-refractivity contribution in [2.75, 3.05) is 13.1 Å². The van der Waals surface area contributed by atoms with Crippen molar-refractivity contribution in [1.82, 2.24) is 16.0 Å². The maximum atomic E-state index is 12.1. The number of carbonyl (C=O) groups excluding carboxylic acids is 3. The van der Waals surface area contributed by atoms with Gasteiger partial charge in [-0.15, -0.1) is 0 Å². The molecule has 0 aliphatic carbocycles. The topological polar surface area (TPSA) is 100 Å². The normalized spacial score (nSPS) is 11.5. The standard InChI is InChI=1S/C19H23N3O4/c1-3-15(14-8-6-13(2)7-9-14)22-18(24)12-20-17(23)11-21-19(25)16-5-4-10-26-16/h4-10,15H,3,11-12H2,1-2H3,(H,20,23)(H,21,25)(H,22,24)/t15-/m1/s1. The van der Waals surface area contributed by atoms with E-state index in [9.17, 15) is 14.4 Å². The van der Waals surface area contributed by atoms with Gasteiger partial charge in [0, 0.05) is 0 Å². The van der Waals surface area contributed by atoms with E-state index in [0.717, 1.165) is 17.5 Å². The summed E-state index contributed by atoms with van der Waals surface area (Å²) < 4.78 is 4.92. The maximum absolute atomic E-state index is 12.1. The molecule has 1 aromatic carbocycles. The van der Waals surface area contributed by atoms with Crippen LogP contribution in [0.4, 0.5) is 0 Å². The zero-order chi connectivity index (χ0) is 18.9. The van der Waals surface area contributed by atoms with Crippen molar-refractivity contribution in [3.05, 3.63) is 59.5 Å². The lowest BCUT2D eigenvalue weighted by Crippen LogP contribution is -2.42. The van der Waals surface area contributed by atoms with Crippen molar-refractivity contribution in [2.24, 2.45) is 0 Å². The quantitative estimate of drug-likeness (QED) is 0.669. The molecule has 0 saturated carbocycles. The molecule has 138 valence electrons. The van der Waals surface area contributed by atoms with Gasteiger partial charge in [0.2, 0.25) is 11.8 Å². The molecule has 1 heterocycles. The third kappa shape index (κ3) is 5.77. The molecule has 7 nitrogen and oxygen atoms in total. The summed E-state index contributed by atoms with van der Waals surface area (Å²) in [4.78, 5) is 35.5. The number of carbonyl (C=O) groups is 3. The molecule has 3 amide bonds. The average molecular weight is 357 g/mol. The first-order valence-electron chi connectivity index (χ1n) is 8.44. The van der Waals surface area contributed by atoms with Crippen LogP contribution in [-0.4, -0.2) is 30.8 Å². The Bertz CT molecular complexity index is 739. The highest BCUT2D eigenvalue weighted by molar-refractivity contribution is 5.94. The Morgan fingerprint density at radius 3 is 2.31 bits per heavy atom. The molecule has 0 fully saturated rings. The first-order valence-corrected chi connectivity index (χ1v) is 8.44. The number of furan rings is 1. The highest BCUT2D eigenvalue weighted by atomic mass is 16.3. The highest BCUT2D eigenvalue weighted by Gasteiger charge is 2.14. The van der Waals surface area contributed by atoms with E-state index in [-0.39, 0.29) is 30.8 Å². The maximum Gasteiger partial charge on any atom is 0.287 e. The monoisotopic (exact) mass is 357 g/mol. The second-order valence-electron chi connectivity index (χ2n) is 5.88. The Morgan fingerprint density at radius 1 is 1.00 bits per heavy atom. The van der Waals surface area contributed by atoms with Crippen LogP contribution in [0.15, 0.2) is 47.1 Å². The van der Waals surface area contributed by atoms with Gasteiger partial charge < -0.3 is 20.4 Å². The lowest BCUT2D eigenvalue weighted by Gasteiger charge is -2.18. The van der Waals surface area contributed by atoms with Crippen LogP contribution in [0.2, 0.25) is 0 Å². The predicted molar refractivity (Wildman–Crippen MR) is 96.4 cm³/mol. The van der Waals surface area contributed by atoms with E-state index in [1.54, 1.807) is 6.07 Å². The van der Waals surface area contributed by atoms with Crippen molar-refractivity contribution in [2.45, 2.75) is 26.3 Å². The summed E-state index contributed by atoms with van der Waals surface area (Å²) in [7, 11) is 0. The second-order valence-corrected chi connectivity index (χ2v) is 5.88. The first kappa shape index (κ1) is 19.2. The molecule has 7 heteroatoms. The van der Waals surface area contributed by atoms with Crippen LogP contribution in [0, 0.1) is 6.92 Å². The van der Waals surface area contributed by atoms with Crippen LogP contribution < -0.4 is 16.0 Å². The summed E-state index contributed by atoms with van der Waals surface area (Å²) in [5.41, 5.74) is 2.17. The smallest absolute Gasteiger partial charge is 0.287 e. The minimum absolute atomic E-state index is 0.112. The number of hydrogen-bond donors (Lipinski definition) is 3. The average Bonchev–Trinajstić information content (AvgIpc) is 3.18. The fourth-order valence-electron chi connectivity index (χ4n) is 2.36. The van der Waals surface area contributed by atoms with E-state index in [1.165, 1.54) is 12.3 Å². The molecular formula is C19H23N3O4. The van der Waals surface area contributed by atoms with E-state index < -0.39 is 11.8 Å². The molecule has 1 aromatic heterocycles.